The maximum Gasteiger partial charge on any atom is 0.0992 e. The lowest BCUT2D eigenvalue weighted by Crippen LogP contribution is -1.94. The molecule has 0 atom stereocenters. The molecule has 3 aromatic heterocycles. The molecule has 0 radical (unpaired) electrons. The number of thiophene rings is 1. The Morgan fingerprint density at radius 2 is 0.915 bits per heavy atom. The Bertz CT molecular complexity index is 3670. The molecule has 0 spiro atoms. The number of nitriles is 1. The minimum absolute atomic E-state index is 0.640. The van der Waals surface area contributed by atoms with Crippen LogP contribution in [0, 0.1) is 11.3 Å². The highest BCUT2D eigenvalue weighted by Crippen LogP contribution is 2.43. The highest BCUT2D eigenvalue weighted by atomic mass is 32.1. The molecule has 3 nitrogen and oxygen atoms in total. The van der Waals surface area contributed by atoms with Gasteiger partial charge in [-0.05, 0) is 106 Å². The van der Waals surface area contributed by atoms with E-state index >= 15 is 0 Å². The Morgan fingerprint density at radius 3 is 1.66 bits per heavy atom. The van der Waals surface area contributed by atoms with Gasteiger partial charge >= 0.3 is 0 Å². The van der Waals surface area contributed by atoms with Crippen LogP contribution in [-0.4, -0.2) is 9.13 Å². The van der Waals surface area contributed by atoms with Gasteiger partial charge in [-0.3, -0.25) is 0 Å². The number of hydrogen-bond donors (Lipinski definition) is 0. The van der Waals surface area contributed by atoms with Crippen molar-refractivity contribution < 1.29 is 0 Å². The SMILES string of the molecule is N#Cc1cccc(-n2c3ccc(-c4ccc(-c5ccc6c(c5)c5ccccc5n6-c5ccccc5)cc4)cc3c3ccc(-c4cccc5c4sc4ccccc45)cc32)c1. The van der Waals surface area contributed by atoms with E-state index in [1.807, 2.05) is 29.5 Å². The number of para-hydroxylation sites is 2. The average Bonchev–Trinajstić information content (AvgIpc) is 3.96. The van der Waals surface area contributed by atoms with Crippen molar-refractivity contribution in [2.24, 2.45) is 0 Å². The summed E-state index contributed by atoms with van der Waals surface area (Å²) >= 11 is 1.85. The molecule has 0 fully saturated rings. The van der Waals surface area contributed by atoms with Crippen molar-refractivity contribution in [1.29, 1.82) is 5.26 Å². The first-order valence-corrected chi connectivity index (χ1v) is 20.7. The third kappa shape index (κ3) is 5.26. The molecular weight excluding hydrogens is 735 g/mol. The third-order valence-corrected chi connectivity index (χ3v) is 13.2. The second-order valence-electron chi connectivity index (χ2n) is 15.2. The maximum absolute atomic E-state index is 9.87. The summed E-state index contributed by atoms with van der Waals surface area (Å²) in [5.74, 6) is 0. The molecule has 0 saturated carbocycles. The van der Waals surface area contributed by atoms with Crippen LogP contribution in [0.15, 0.2) is 200 Å². The minimum atomic E-state index is 0.640. The highest BCUT2D eigenvalue weighted by Gasteiger charge is 2.18. The summed E-state index contributed by atoms with van der Waals surface area (Å²) in [5.41, 5.74) is 14.5. The zero-order valence-electron chi connectivity index (χ0n) is 31.8. The van der Waals surface area contributed by atoms with E-state index < -0.39 is 0 Å². The van der Waals surface area contributed by atoms with E-state index in [1.165, 1.54) is 75.0 Å². The molecule has 0 N–H and O–H groups in total. The lowest BCUT2D eigenvalue weighted by Gasteiger charge is -2.10. The predicted octanol–water partition coefficient (Wildman–Crippen LogP) is 15.1. The maximum atomic E-state index is 9.87. The highest BCUT2D eigenvalue weighted by molar-refractivity contribution is 7.26. The third-order valence-electron chi connectivity index (χ3n) is 12.0. The normalized spacial score (nSPS) is 11.7. The van der Waals surface area contributed by atoms with Crippen LogP contribution in [0.3, 0.4) is 0 Å². The second-order valence-corrected chi connectivity index (χ2v) is 16.3. The Labute approximate surface area is 344 Å². The van der Waals surface area contributed by atoms with Crippen LogP contribution < -0.4 is 0 Å². The van der Waals surface area contributed by atoms with Gasteiger partial charge in [-0.25, -0.2) is 0 Å². The molecular formula is C55H33N3S. The number of benzene rings is 9. The zero-order chi connectivity index (χ0) is 39.0. The van der Waals surface area contributed by atoms with Gasteiger partial charge in [0.05, 0.1) is 33.7 Å². The quantitative estimate of drug-likeness (QED) is 0.172. The lowest BCUT2D eigenvalue weighted by atomic mass is 9.97. The molecule has 0 amide bonds. The van der Waals surface area contributed by atoms with Crippen molar-refractivity contribution >= 4 is 75.1 Å². The zero-order valence-corrected chi connectivity index (χ0v) is 32.6. The van der Waals surface area contributed by atoms with E-state index in [2.05, 4.69) is 197 Å². The molecule has 12 aromatic rings. The van der Waals surface area contributed by atoms with Crippen molar-refractivity contribution in [1.82, 2.24) is 9.13 Å². The standard InChI is InChI=1S/C55H33N3S/c56-34-35-10-8-13-42(30-35)58-52-29-26-39(32-49(52)45-27-24-40(33-53(45)58)43-16-9-17-47-46-15-5-7-19-54(46)59-55(43)47)37-22-20-36(21-23-37)38-25-28-51-48(31-38)44-14-4-6-18-50(44)57(51)41-11-2-1-3-12-41/h1-33H. The van der Waals surface area contributed by atoms with E-state index in [9.17, 15) is 5.26 Å². The van der Waals surface area contributed by atoms with Gasteiger partial charge in [0, 0.05) is 53.1 Å². The Hall–Kier alpha value is -7.71. The van der Waals surface area contributed by atoms with Crippen LogP contribution in [0.5, 0.6) is 0 Å². The van der Waals surface area contributed by atoms with E-state index in [4.69, 9.17) is 0 Å². The van der Waals surface area contributed by atoms with Crippen LogP contribution in [-0.2, 0) is 0 Å². The van der Waals surface area contributed by atoms with Gasteiger partial charge in [0.15, 0.2) is 0 Å². The molecule has 0 aliphatic rings. The molecule has 0 saturated heterocycles. The molecule has 0 aliphatic heterocycles. The first kappa shape index (κ1) is 33.4. The van der Waals surface area contributed by atoms with Crippen molar-refractivity contribution in [2.45, 2.75) is 0 Å². The fourth-order valence-corrected chi connectivity index (χ4v) is 10.4. The fraction of sp³-hybridized carbons (Fsp3) is 0. The molecule has 59 heavy (non-hydrogen) atoms. The smallest absolute Gasteiger partial charge is 0.0992 e. The van der Waals surface area contributed by atoms with Gasteiger partial charge < -0.3 is 9.13 Å². The average molecular weight is 768 g/mol. The van der Waals surface area contributed by atoms with Crippen molar-refractivity contribution in [2.75, 3.05) is 0 Å². The van der Waals surface area contributed by atoms with Crippen molar-refractivity contribution in [3.8, 4) is 50.8 Å². The molecule has 0 unspecified atom stereocenters. The van der Waals surface area contributed by atoms with Gasteiger partial charge in [0.2, 0.25) is 0 Å². The Kier molecular flexibility index (Phi) is 7.47. The predicted molar refractivity (Wildman–Crippen MR) is 249 cm³/mol. The minimum Gasteiger partial charge on any atom is -0.309 e. The molecule has 4 heteroatoms. The summed E-state index contributed by atoms with van der Waals surface area (Å²) in [4.78, 5) is 0. The summed E-state index contributed by atoms with van der Waals surface area (Å²) in [6.45, 7) is 0. The first-order valence-electron chi connectivity index (χ1n) is 19.9. The number of nitrogens with zero attached hydrogens (tertiary/aromatic N) is 3. The first-order chi connectivity index (χ1) is 29.2. The van der Waals surface area contributed by atoms with Crippen LogP contribution >= 0.6 is 11.3 Å². The number of hydrogen-bond acceptors (Lipinski definition) is 2. The molecule has 3 heterocycles. The van der Waals surface area contributed by atoms with Gasteiger partial charge in [0.1, 0.15) is 0 Å². The van der Waals surface area contributed by atoms with Crippen LogP contribution in [0.1, 0.15) is 5.56 Å². The van der Waals surface area contributed by atoms with Gasteiger partial charge in [0.25, 0.3) is 0 Å². The summed E-state index contributed by atoms with van der Waals surface area (Å²) < 4.78 is 7.27. The van der Waals surface area contributed by atoms with Crippen LogP contribution in [0.25, 0.3) is 109 Å². The van der Waals surface area contributed by atoms with E-state index in [0.29, 0.717) is 5.56 Å². The summed E-state index contributed by atoms with van der Waals surface area (Å²) in [6.07, 6.45) is 0. The number of fused-ring (bicyclic) bond motifs is 9. The Morgan fingerprint density at radius 1 is 0.356 bits per heavy atom. The van der Waals surface area contributed by atoms with Crippen molar-refractivity contribution in [3.05, 3.63) is 206 Å². The second kappa shape index (κ2) is 13.2. The molecule has 0 bridgehead atoms. The lowest BCUT2D eigenvalue weighted by molar-refractivity contribution is 1.18. The molecule has 274 valence electrons. The van der Waals surface area contributed by atoms with Crippen LogP contribution in [0.4, 0.5) is 0 Å². The van der Waals surface area contributed by atoms with Crippen molar-refractivity contribution in [3.63, 3.8) is 0 Å². The van der Waals surface area contributed by atoms with Crippen LogP contribution in [0.2, 0.25) is 0 Å². The van der Waals surface area contributed by atoms with Gasteiger partial charge in [-0.15, -0.1) is 11.3 Å². The van der Waals surface area contributed by atoms with Gasteiger partial charge in [-0.2, -0.15) is 5.26 Å². The Balaban J connectivity index is 0.970. The number of rotatable bonds is 5. The molecule has 0 aliphatic carbocycles. The van der Waals surface area contributed by atoms with E-state index in [0.717, 1.165) is 33.5 Å². The summed E-state index contributed by atoms with van der Waals surface area (Å²) in [7, 11) is 0. The topological polar surface area (TPSA) is 33.6 Å². The largest absolute Gasteiger partial charge is 0.309 e. The van der Waals surface area contributed by atoms with E-state index in [-0.39, 0.29) is 0 Å². The number of aromatic nitrogens is 2. The molecule has 12 rings (SSSR count). The molecule has 9 aromatic carbocycles. The van der Waals surface area contributed by atoms with E-state index in [1.54, 1.807) is 0 Å². The fourth-order valence-electron chi connectivity index (χ4n) is 9.20. The summed E-state index contributed by atoms with van der Waals surface area (Å²) in [6, 6.07) is 74.4. The van der Waals surface area contributed by atoms with Gasteiger partial charge in [-0.1, -0.05) is 127 Å². The summed E-state index contributed by atoms with van der Waals surface area (Å²) in [5, 5.41) is 17.3. The monoisotopic (exact) mass is 767 g/mol.